The maximum absolute atomic E-state index is 13.3. The first-order valence-corrected chi connectivity index (χ1v) is 14.4. The van der Waals surface area contributed by atoms with Crippen LogP contribution in [0.1, 0.15) is 39.5 Å². The lowest BCUT2D eigenvalue weighted by Crippen LogP contribution is -2.53. The molecule has 2 aromatic carbocycles. The Morgan fingerprint density at radius 1 is 1.00 bits per heavy atom. The first-order valence-electron chi connectivity index (χ1n) is 14.4. The molecular formula is C31H38N6O4. The summed E-state index contributed by atoms with van der Waals surface area (Å²) < 4.78 is 10.8. The van der Waals surface area contributed by atoms with Gasteiger partial charge in [0.15, 0.2) is 0 Å². The van der Waals surface area contributed by atoms with Crippen molar-refractivity contribution >= 4 is 35.0 Å². The molecule has 2 saturated heterocycles. The van der Waals surface area contributed by atoms with Crippen LogP contribution in [0.25, 0.3) is 11.3 Å². The number of amides is 2. The number of anilines is 4. The highest BCUT2D eigenvalue weighted by Crippen LogP contribution is 2.31. The van der Waals surface area contributed by atoms with Gasteiger partial charge in [-0.2, -0.15) is 0 Å². The first-order chi connectivity index (χ1) is 20.0. The molecule has 216 valence electrons. The van der Waals surface area contributed by atoms with Crippen molar-refractivity contribution in [1.82, 2.24) is 14.9 Å². The fourth-order valence-electron chi connectivity index (χ4n) is 5.15. The van der Waals surface area contributed by atoms with Crippen LogP contribution in [0, 0.1) is 0 Å². The lowest BCUT2D eigenvalue weighted by molar-refractivity contribution is -0.125. The highest BCUT2D eigenvalue weighted by atomic mass is 16.6. The number of hydrogen-bond donors (Lipinski definition) is 2. The number of nitrogens with one attached hydrogen (secondary N) is 2. The van der Waals surface area contributed by atoms with E-state index in [4.69, 9.17) is 9.47 Å². The van der Waals surface area contributed by atoms with E-state index in [1.165, 1.54) is 5.69 Å². The normalized spacial score (nSPS) is 18.7. The second-order valence-corrected chi connectivity index (χ2v) is 10.6. The van der Waals surface area contributed by atoms with Gasteiger partial charge in [-0.15, -0.1) is 0 Å². The SMILES string of the molecule is CCCCOC(=O)N1CCCC1(C)C(=O)Nc1ccc(-c2ccnc(Nc3ccc(N4CCOCC4)cc3)n2)cc1. The van der Waals surface area contributed by atoms with Gasteiger partial charge < -0.3 is 25.0 Å². The molecule has 2 N–H and O–H groups in total. The standard InChI is InChI=1S/C31H38N6O4/c1-3-4-20-41-30(39)37-17-5-15-31(37,2)28(38)33-24-8-6-23(7-9-24)27-14-16-32-29(35-27)34-25-10-12-26(13-11-25)36-18-21-40-22-19-36/h6-14,16H,3-5,15,17-22H2,1-2H3,(H,33,38)(H,32,34,35). The maximum Gasteiger partial charge on any atom is 0.410 e. The zero-order valence-electron chi connectivity index (χ0n) is 23.8. The van der Waals surface area contributed by atoms with Crippen LogP contribution in [-0.2, 0) is 14.3 Å². The third-order valence-corrected chi connectivity index (χ3v) is 7.67. The lowest BCUT2D eigenvalue weighted by Gasteiger charge is -2.33. The molecule has 10 heteroatoms. The average molecular weight is 559 g/mol. The van der Waals surface area contributed by atoms with Gasteiger partial charge in [-0.25, -0.2) is 14.8 Å². The monoisotopic (exact) mass is 558 g/mol. The Morgan fingerprint density at radius 2 is 1.73 bits per heavy atom. The Kier molecular flexibility index (Phi) is 8.98. The number of carbonyl (C=O) groups excluding carboxylic acids is 2. The van der Waals surface area contributed by atoms with Gasteiger partial charge in [-0.3, -0.25) is 9.69 Å². The van der Waals surface area contributed by atoms with Crippen LogP contribution < -0.4 is 15.5 Å². The first kappa shape index (κ1) is 28.4. The van der Waals surface area contributed by atoms with Crippen LogP contribution in [0.2, 0.25) is 0 Å². The second kappa shape index (κ2) is 13.0. The summed E-state index contributed by atoms with van der Waals surface area (Å²) in [5.41, 5.74) is 3.43. The van der Waals surface area contributed by atoms with Gasteiger partial charge >= 0.3 is 6.09 Å². The molecule has 3 aromatic rings. The maximum atomic E-state index is 13.3. The van der Waals surface area contributed by atoms with E-state index in [0.717, 1.165) is 62.5 Å². The number of carbonyl (C=O) groups is 2. The summed E-state index contributed by atoms with van der Waals surface area (Å²) in [7, 11) is 0. The van der Waals surface area contributed by atoms with E-state index in [1.807, 2.05) is 49.4 Å². The van der Waals surface area contributed by atoms with Crippen molar-refractivity contribution in [3.63, 3.8) is 0 Å². The second-order valence-electron chi connectivity index (χ2n) is 10.6. The Hall–Kier alpha value is -4.18. The molecule has 10 nitrogen and oxygen atoms in total. The number of morpholine rings is 1. The number of nitrogens with zero attached hydrogens (tertiary/aromatic N) is 4. The van der Waals surface area contributed by atoms with E-state index in [2.05, 4.69) is 37.6 Å². The van der Waals surface area contributed by atoms with Gasteiger partial charge in [0.1, 0.15) is 5.54 Å². The van der Waals surface area contributed by atoms with Gasteiger partial charge in [0.05, 0.1) is 25.5 Å². The minimum atomic E-state index is -0.949. The summed E-state index contributed by atoms with van der Waals surface area (Å²) >= 11 is 0. The Labute approximate surface area is 241 Å². The van der Waals surface area contributed by atoms with E-state index in [-0.39, 0.29) is 5.91 Å². The molecule has 0 aliphatic carbocycles. The van der Waals surface area contributed by atoms with Gasteiger partial charge in [-0.05, 0) is 68.7 Å². The van der Waals surface area contributed by atoms with E-state index < -0.39 is 11.6 Å². The summed E-state index contributed by atoms with van der Waals surface area (Å²) in [6, 6.07) is 17.6. The zero-order valence-corrected chi connectivity index (χ0v) is 23.8. The quantitative estimate of drug-likeness (QED) is 0.334. The number of rotatable bonds is 9. The molecule has 2 aliphatic heterocycles. The summed E-state index contributed by atoms with van der Waals surface area (Å²) in [6.07, 6.45) is 4.39. The number of unbranched alkanes of at least 4 members (excludes halogenated alkanes) is 1. The van der Waals surface area contributed by atoms with Crippen LogP contribution in [-0.4, -0.2) is 71.9 Å². The third kappa shape index (κ3) is 6.77. The van der Waals surface area contributed by atoms with Crippen molar-refractivity contribution in [2.75, 3.05) is 55.0 Å². The van der Waals surface area contributed by atoms with E-state index >= 15 is 0 Å². The number of benzene rings is 2. The van der Waals surface area contributed by atoms with Gasteiger partial charge in [0.25, 0.3) is 0 Å². The molecule has 3 heterocycles. The zero-order chi connectivity index (χ0) is 28.7. The van der Waals surface area contributed by atoms with E-state index in [0.29, 0.717) is 31.2 Å². The molecule has 2 amide bonds. The molecule has 41 heavy (non-hydrogen) atoms. The fraction of sp³-hybridized carbons (Fsp3) is 0.419. The highest BCUT2D eigenvalue weighted by molar-refractivity contribution is 6.00. The molecule has 0 spiro atoms. The van der Waals surface area contributed by atoms with Crippen LogP contribution in [0.3, 0.4) is 0 Å². The minimum Gasteiger partial charge on any atom is -0.449 e. The summed E-state index contributed by atoms with van der Waals surface area (Å²) in [4.78, 5) is 38.8. The summed E-state index contributed by atoms with van der Waals surface area (Å²) in [5.74, 6) is 0.280. The van der Waals surface area contributed by atoms with E-state index in [9.17, 15) is 9.59 Å². The molecule has 5 rings (SSSR count). The molecule has 2 fully saturated rings. The molecule has 1 unspecified atom stereocenters. The van der Waals surface area contributed by atoms with Crippen LogP contribution in [0.5, 0.6) is 0 Å². The molecular weight excluding hydrogens is 520 g/mol. The summed E-state index contributed by atoms with van der Waals surface area (Å²) in [5, 5.41) is 6.26. The number of aromatic nitrogens is 2. The summed E-state index contributed by atoms with van der Waals surface area (Å²) in [6.45, 7) is 8.01. The topological polar surface area (TPSA) is 109 Å². The fourth-order valence-corrected chi connectivity index (χ4v) is 5.15. The van der Waals surface area contributed by atoms with Crippen molar-refractivity contribution in [2.45, 2.75) is 45.1 Å². The van der Waals surface area contributed by atoms with Crippen LogP contribution in [0.4, 0.5) is 27.8 Å². The molecule has 1 aromatic heterocycles. The molecule has 2 aliphatic rings. The van der Waals surface area contributed by atoms with Gasteiger partial charge in [0.2, 0.25) is 11.9 Å². The minimum absolute atomic E-state index is 0.219. The molecule has 0 radical (unpaired) electrons. The largest absolute Gasteiger partial charge is 0.449 e. The number of hydrogen-bond acceptors (Lipinski definition) is 8. The van der Waals surface area contributed by atoms with Crippen molar-refractivity contribution in [2.24, 2.45) is 0 Å². The molecule has 1 atom stereocenters. The molecule has 0 bridgehead atoms. The number of ether oxygens (including phenoxy) is 2. The highest BCUT2D eigenvalue weighted by Gasteiger charge is 2.46. The van der Waals surface area contributed by atoms with Crippen molar-refractivity contribution in [3.8, 4) is 11.3 Å². The number of likely N-dealkylation sites (tertiary alicyclic amines) is 1. The predicted octanol–water partition coefficient (Wildman–Crippen LogP) is 5.45. The third-order valence-electron chi connectivity index (χ3n) is 7.67. The smallest absolute Gasteiger partial charge is 0.410 e. The Bertz CT molecular complexity index is 1330. The average Bonchev–Trinajstić information content (AvgIpc) is 3.41. The lowest BCUT2D eigenvalue weighted by atomic mass is 9.97. The predicted molar refractivity (Wildman–Crippen MR) is 159 cm³/mol. The van der Waals surface area contributed by atoms with Crippen LogP contribution >= 0.6 is 0 Å². The van der Waals surface area contributed by atoms with Gasteiger partial charge in [-0.1, -0.05) is 25.5 Å². The van der Waals surface area contributed by atoms with Crippen LogP contribution in [0.15, 0.2) is 60.8 Å². The molecule has 0 saturated carbocycles. The Balaban J connectivity index is 1.20. The van der Waals surface area contributed by atoms with Gasteiger partial charge in [0, 0.05) is 48.5 Å². The van der Waals surface area contributed by atoms with Crippen molar-refractivity contribution in [3.05, 3.63) is 60.8 Å². The van der Waals surface area contributed by atoms with Crippen molar-refractivity contribution < 1.29 is 19.1 Å². The Morgan fingerprint density at radius 3 is 2.46 bits per heavy atom. The van der Waals surface area contributed by atoms with E-state index in [1.54, 1.807) is 18.0 Å². The van der Waals surface area contributed by atoms with Crippen molar-refractivity contribution in [1.29, 1.82) is 0 Å².